The van der Waals surface area contributed by atoms with E-state index >= 15 is 0 Å². The van der Waals surface area contributed by atoms with Crippen LogP contribution in [0.1, 0.15) is 36.1 Å². The summed E-state index contributed by atoms with van der Waals surface area (Å²) in [4.78, 5) is 0. The van der Waals surface area contributed by atoms with Crippen molar-refractivity contribution in [2.24, 2.45) is 0 Å². The molecule has 12 heavy (non-hydrogen) atoms. The van der Waals surface area contributed by atoms with Gasteiger partial charge in [0.15, 0.2) is 0 Å². The van der Waals surface area contributed by atoms with Crippen LogP contribution in [0.4, 0.5) is 0 Å². The van der Waals surface area contributed by atoms with Gasteiger partial charge in [0.1, 0.15) is 0 Å². The van der Waals surface area contributed by atoms with Crippen molar-refractivity contribution in [1.82, 2.24) is 0 Å². The van der Waals surface area contributed by atoms with Crippen LogP contribution in [0.3, 0.4) is 0 Å². The largest absolute Gasteiger partial charge is 0.0776 e. The minimum Gasteiger partial charge on any atom is -0.0776 e. The number of hydrogen-bond donors (Lipinski definition) is 0. The van der Waals surface area contributed by atoms with Crippen molar-refractivity contribution in [2.45, 2.75) is 61.3 Å². The number of rotatable bonds is 1. The number of halogens is 2. The van der Waals surface area contributed by atoms with Gasteiger partial charge in [0, 0.05) is 45.3 Å². The highest BCUT2D eigenvalue weighted by Crippen LogP contribution is 2.18. The Balaban J connectivity index is -0.0000000303. The van der Waals surface area contributed by atoms with Crippen molar-refractivity contribution in [3.05, 3.63) is 0 Å². The first-order valence-electron chi connectivity index (χ1n) is 3.09. The maximum Gasteiger partial charge on any atom is 0.0468 e. The van der Waals surface area contributed by atoms with E-state index in [4.69, 9.17) is 0 Å². The molecular weight excluding hydrogens is 390 g/mol. The summed E-state index contributed by atoms with van der Waals surface area (Å²) in [6.45, 7) is 11.8. The summed E-state index contributed by atoms with van der Waals surface area (Å²) >= 11 is 4.24. The molecule has 3 heteroatoms. The lowest BCUT2D eigenvalue weighted by Gasteiger charge is -2.19. The van der Waals surface area contributed by atoms with Crippen LogP contribution in [-0.4, -0.2) is 8.07 Å². The van der Waals surface area contributed by atoms with E-state index in [-0.39, 0.29) is 22.3 Å². The van der Waals surface area contributed by atoms with Gasteiger partial charge in [-0.15, -0.1) is 0 Å². The van der Waals surface area contributed by atoms with Crippen LogP contribution in [0.2, 0.25) is 25.2 Å². The predicted octanol–water partition coefficient (Wildman–Crippen LogP) is 6.41. The van der Waals surface area contributed by atoms with Crippen LogP contribution < -0.4 is 0 Å². The molecule has 0 aliphatic rings. The van der Waals surface area contributed by atoms with Gasteiger partial charge in [-0.1, -0.05) is 61.3 Å². The standard InChI is InChI=1S/C6H16Si.3CH4.I2/c1-6(2)7(3,4)5;;;;1-2/h6H,1-5H3;3*1H4;. The maximum atomic E-state index is 2.40. The molecule has 0 saturated carbocycles. The maximum absolute atomic E-state index is 2.40. The quantitative estimate of drug-likeness (QED) is 0.341. The van der Waals surface area contributed by atoms with Crippen LogP contribution in [0.5, 0.6) is 0 Å². The molecule has 0 rings (SSSR count). The van der Waals surface area contributed by atoms with Crippen LogP contribution in [-0.2, 0) is 0 Å². The Hall–Kier alpha value is 1.68. The van der Waals surface area contributed by atoms with E-state index < -0.39 is 8.07 Å². The second-order valence-electron chi connectivity index (χ2n) is 3.52. The minimum atomic E-state index is -0.735. The van der Waals surface area contributed by atoms with Crippen LogP contribution >= 0.6 is 37.2 Å². The van der Waals surface area contributed by atoms with E-state index in [0.29, 0.717) is 0 Å². The molecule has 0 aromatic rings. The highest BCUT2D eigenvalue weighted by Gasteiger charge is 2.16. The molecule has 0 fully saturated rings. The Morgan fingerprint density at radius 1 is 0.833 bits per heavy atom. The fourth-order valence-electron chi connectivity index (χ4n) is 0. The summed E-state index contributed by atoms with van der Waals surface area (Å²) in [5.74, 6) is 0. The first-order valence-corrected chi connectivity index (χ1v) is 12.9. The van der Waals surface area contributed by atoms with Gasteiger partial charge in [-0.05, 0) is 0 Å². The van der Waals surface area contributed by atoms with Gasteiger partial charge in [-0.3, -0.25) is 0 Å². The lowest BCUT2D eigenvalue weighted by atomic mass is 10.6. The Kier molecular flexibility index (Phi) is 36.9. The summed E-state index contributed by atoms with van der Waals surface area (Å²) in [5, 5.41) is 0. The van der Waals surface area contributed by atoms with E-state index in [2.05, 4.69) is 70.7 Å². The van der Waals surface area contributed by atoms with E-state index in [1.807, 2.05) is 0 Å². The van der Waals surface area contributed by atoms with E-state index in [1.54, 1.807) is 0 Å². The lowest BCUT2D eigenvalue weighted by Crippen LogP contribution is -2.23. The SMILES string of the molecule is C.C.C.CC(C)[Si](C)(C)C.II. The molecular formula is C9H28I2Si. The zero-order chi connectivity index (χ0) is 8.08. The minimum absolute atomic E-state index is 0. The topological polar surface area (TPSA) is 0 Å². The molecule has 0 aromatic heterocycles. The van der Waals surface area contributed by atoms with Crippen LogP contribution in [0.15, 0.2) is 0 Å². The molecule has 0 aromatic carbocycles. The van der Waals surface area contributed by atoms with Gasteiger partial charge in [0.05, 0.1) is 0 Å². The monoisotopic (exact) mass is 418 g/mol. The van der Waals surface area contributed by atoms with Gasteiger partial charge in [0.2, 0.25) is 0 Å². The highest BCUT2D eigenvalue weighted by atomic mass is 128. The smallest absolute Gasteiger partial charge is 0.0468 e. The molecule has 0 bridgehead atoms. The zero-order valence-corrected chi connectivity index (χ0v) is 12.1. The molecule has 0 radical (unpaired) electrons. The van der Waals surface area contributed by atoms with Gasteiger partial charge < -0.3 is 0 Å². The molecule has 0 atom stereocenters. The van der Waals surface area contributed by atoms with Gasteiger partial charge in [-0.2, -0.15) is 0 Å². The summed E-state index contributed by atoms with van der Waals surface area (Å²) in [5.41, 5.74) is 0.937. The lowest BCUT2D eigenvalue weighted by molar-refractivity contribution is 1.01. The number of hydrogen-bond acceptors (Lipinski definition) is 0. The Morgan fingerprint density at radius 2 is 0.917 bits per heavy atom. The summed E-state index contributed by atoms with van der Waals surface area (Å²) < 4.78 is 0. The second kappa shape index (κ2) is 15.2. The second-order valence-corrected chi connectivity index (χ2v) is 9.41. The molecule has 0 saturated heterocycles. The third kappa shape index (κ3) is 22.6. The first-order chi connectivity index (χ1) is 3.94. The summed E-state index contributed by atoms with van der Waals surface area (Å²) in [7, 11) is -0.735. The van der Waals surface area contributed by atoms with Gasteiger partial charge >= 0.3 is 0 Å². The molecule has 0 amide bonds. The van der Waals surface area contributed by atoms with E-state index in [1.165, 1.54) is 0 Å². The van der Waals surface area contributed by atoms with Crippen molar-refractivity contribution in [1.29, 1.82) is 0 Å². The summed E-state index contributed by atoms with van der Waals surface area (Å²) in [6.07, 6.45) is 0. The average molecular weight is 418 g/mol. The molecule has 0 aliphatic heterocycles. The molecule has 0 unspecified atom stereocenters. The third-order valence-corrected chi connectivity index (χ3v) is 5.20. The van der Waals surface area contributed by atoms with Crippen molar-refractivity contribution in [3.8, 4) is 0 Å². The highest BCUT2D eigenvalue weighted by molar-refractivity contribution is 15.0. The fourth-order valence-corrected chi connectivity index (χ4v) is 0. The van der Waals surface area contributed by atoms with E-state index in [9.17, 15) is 0 Å². The third-order valence-electron chi connectivity index (χ3n) is 1.73. The Morgan fingerprint density at radius 3 is 0.917 bits per heavy atom. The Labute approximate surface area is 106 Å². The average Bonchev–Trinajstić information content (AvgIpc) is 1.69. The van der Waals surface area contributed by atoms with Crippen LogP contribution in [0, 0.1) is 0 Å². The molecule has 0 N–H and O–H groups in total. The van der Waals surface area contributed by atoms with Gasteiger partial charge in [0.25, 0.3) is 0 Å². The normalized spacial score (nSPS) is 8.00. The zero-order valence-electron chi connectivity index (χ0n) is 6.83. The molecule has 0 nitrogen and oxygen atoms in total. The molecule has 0 aliphatic carbocycles. The molecule has 0 spiro atoms. The predicted molar refractivity (Wildman–Crippen MR) is 86.7 cm³/mol. The summed E-state index contributed by atoms with van der Waals surface area (Å²) in [6, 6.07) is 0. The van der Waals surface area contributed by atoms with Crippen molar-refractivity contribution >= 4 is 45.3 Å². The van der Waals surface area contributed by atoms with Crippen molar-refractivity contribution in [3.63, 3.8) is 0 Å². The van der Waals surface area contributed by atoms with Crippen molar-refractivity contribution in [2.75, 3.05) is 0 Å². The van der Waals surface area contributed by atoms with Crippen molar-refractivity contribution < 1.29 is 0 Å². The van der Waals surface area contributed by atoms with Gasteiger partial charge in [-0.25, -0.2) is 0 Å². The van der Waals surface area contributed by atoms with Crippen LogP contribution in [0.25, 0.3) is 0 Å². The first kappa shape index (κ1) is 29.2. The molecule has 0 heterocycles. The fraction of sp³-hybridized carbons (Fsp3) is 1.00. The Bertz CT molecular complexity index is 58.0. The molecule has 82 valence electrons. The van der Waals surface area contributed by atoms with E-state index in [0.717, 1.165) is 5.54 Å².